The van der Waals surface area contributed by atoms with Crippen LogP contribution in [0.15, 0.2) is 77.7 Å². The van der Waals surface area contributed by atoms with E-state index in [-0.39, 0.29) is 29.5 Å². The molecule has 0 unspecified atom stereocenters. The number of nitrogens with one attached hydrogen (secondary N) is 1. The topological polar surface area (TPSA) is 141 Å². The third-order valence-electron chi connectivity index (χ3n) is 7.02. The standard InChI is InChI=1S/C33H38N2O7S/c1-4-5-6-7-24-8-10-25(11-9-24)20-34-32(38)28-15-12-26(13-16-28)21-35(31(37)18-23(2)43(3,41)42)22-27-14-17-30(36)29(19-27)33(39)40/h8-19,36H,4-7,20-22H2,1-3H3,(H,34,38)(H,39,40)/b23-18-. The van der Waals surface area contributed by atoms with Crippen molar-refractivity contribution in [2.24, 2.45) is 0 Å². The third kappa shape index (κ3) is 10.1. The smallest absolute Gasteiger partial charge is 0.339 e. The Morgan fingerprint density at radius 1 is 0.860 bits per heavy atom. The first-order valence-electron chi connectivity index (χ1n) is 14.0. The predicted octanol–water partition coefficient (Wildman–Crippen LogP) is 5.23. The molecule has 0 aliphatic carbocycles. The first-order chi connectivity index (χ1) is 20.4. The Morgan fingerprint density at radius 2 is 1.44 bits per heavy atom. The van der Waals surface area contributed by atoms with Gasteiger partial charge in [-0.15, -0.1) is 0 Å². The lowest BCUT2D eigenvalue weighted by Gasteiger charge is -2.22. The molecule has 10 heteroatoms. The minimum atomic E-state index is -3.59. The molecule has 3 rings (SSSR count). The summed E-state index contributed by atoms with van der Waals surface area (Å²) in [6.07, 6.45) is 6.61. The molecular formula is C33H38N2O7S. The number of carboxylic acids is 1. The van der Waals surface area contributed by atoms with Gasteiger partial charge in [0.25, 0.3) is 5.91 Å². The summed E-state index contributed by atoms with van der Waals surface area (Å²) in [7, 11) is -3.59. The number of hydrogen-bond acceptors (Lipinski definition) is 6. The van der Waals surface area contributed by atoms with Crippen LogP contribution in [0.25, 0.3) is 0 Å². The quantitative estimate of drug-likeness (QED) is 0.169. The molecule has 0 bridgehead atoms. The zero-order valence-corrected chi connectivity index (χ0v) is 25.5. The average Bonchev–Trinajstić information content (AvgIpc) is 2.97. The molecule has 3 aromatic carbocycles. The van der Waals surface area contributed by atoms with Crippen molar-refractivity contribution in [3.05, 3.63) is 111 Å². The number of hydrogen-bond donors (Lipinski definition) is 3. The normalized spacial score (nSPS) is 11.7. The summed E-state index contributed by atoms with van der Waals surface area (Å²) < 4.78 is 23.8. The van der Waals surface area contributed by atoms with Gasteiger partial charge in [-0.25, -0.2) is 13.2 Å². The van der Waals surface area contributed by atoms with E-state index in [1.807, 2.05) is 12.1 Å². The number of aromatic carboxylic acids is 1. The van der Waals surface area contributed by atoms with Gasteiger partial charge in [-0.1, -0.05) is 62.2 Å². The second-order valence-electron chi connectivity index (χ2n) is 10.5. The molecule has 0 spiro atoms. The number of carboxylic acid groups (broad SMARTS) is 1. The number of carbonyl (C=O) groups is 3. The van der Waals surface area contributed by atoms with E-state index >= 15 is 0 Å². The summed E-state index contributed by atoms with van der Waals surface area (Å²) in [6.45, 7) is 3.89. The molecule has 0 aromatic heterocycles. The largest absolute Gasteiger partial charge is 0.507 e. The van der Waals surface area contributed by atoms with Gasteiger partial charge < -0.3 is 20.4 Å². The number of aryl methyl sites for hydroxylation is 1. The first kappa shape index (κ1) is 33.1. The van der Waals surface area contributed by atoms with Crippen LogP contribution in [0.4, 0.5) is 0 Å². The maximum atomic E-state index is 13.1. The van der Waals surface area contributed by atoms with E-state index in [0.29, 0.717) is 23.2 Å². The lowest BCUT2D eigenvalue weighted by molar-refractivity contribution is -0.127. The Bertz CT molecular complexity index is 1580. The number of phenols is 1. The van der Waals surface area contributed by atoms with Gasteiger partial charge in [-0.3, -0.25) is 9.59 Å². The minimum Gasteiger partial charge on any atom is -0.507 e. The van der Waals surface area contributed by atoms with Crippen molar-refractivity contribution >= 4 is 27.6 Å². The number of amides is 2. The second kappa shape index (κ2) is 15.2. The van der Waals surface area contributed by atoms with Crippen LogP contribution in [0.2, 0.25) is 0 Å². The highest BCUT2D eigenvalue weighted by molar-refractivity contribution is 7.94. The monoisotopic (exact) mass is 606 g/mol. The van der Waals surface area contributed by atoms with E-state index < -0.39 is 27.5 Å². The van der Waals surface area contributed by atoms with Gasteiger partial charge in [0.15, 0.2) is 9.84 Å². The van der Waals surface area contributed by atoms with E-state index in [1.165, 1.54) is 48.4 Å². The molecule has 0 saturated heterocycles. The fourth-order valence-corrected chi connectivity index (χ4v) is 4.64. The molecule has 3 N–H and O–H groups in total. The van der Waals surface area contributed by atoms with Gasteiger partial charge in [-0.2, -0.15) is 0 Å². The van der Waals surface area contributed by atoms with Gasteiger partial charge in [0.2, 0.25) is 5.91 Å². The SMILES string of the molecule is CCCCCc1ccc(CNC(=O)c2ccc(CN(Cc3ccc(O)c(C(=O)O)c3)C(=O)/C=C(/C)S(C)(=O)=O)cc2)cc1. The van der Waals surface area contributed by atoms with Crippen molar-refractivity contribution in [2.45, 2.75) is 59.2 Å². The minimum absolute atomic E-state index is 0.0490. The number of rotatable bonds is 14. The van der Waals surface area contributed by atoms with E-state index in [0.717, 1.165) is 30.7 Å². The summed E-state index contributed by atoms with van der Waals surface area (Å²) in [5, 5.41) is 22.1. The molecule has 0 radical (unpaired) electrons. The van der Waals surface area contributed by atoms with Crippen LogP contribution in [0.3, 0.4) is 0 Å². The third-order valence-corrected chi connectivity index (χ3v) is 8.31. The summed E-state index contributed by atoms with van der Waals surface area (Å²) in [5.74, 6) is -2.57. The van der Waals surface area contributed by atoms with Crippen molar-refractivity contribution in [2.75, 3.05) is 6.26 Å². The number of allylic oxidation sites excluding steroid dienone is 1. The maximum absolute atomic E-state index is 13.1. The van der Waals surface area contributed by atoms with Crippen molar-refractivity contribution in [1.29, 1.82) is 0 Å². The maximum Gasteiger partial charge on any atom is 0.339 e. The number of nitrogens with zero attached hydrogens (tertiary/aromatic N) is 1. The highest BCUT2D eigenvalue weighted by atomic mass is 32.2. The highest BCUT2D eigenvalue weighted by Crippen LogP contribution is 2.21. The number of carbonyl (C=O) groups excluding carboxylic acids is 2. The Labute approximate surface area is 252 Å². The van der Waals surface area contributed by atoms with Crippen LogP contribution in [0.5, 0.6) is 5.75 Å². The molecule has 0 fully saturated rings. The van der Waals surface area contributed by atoms with Gasteiger partial charge in [0.05, 0.1) is 0 Å². The van der Waals surface area contributed by atoms with Crippen molar-refractivity contribution in [3.63, 3.8) is 0 Å². The lowest BCUT2D eigenvalue weighted by atomic mass is 10.1. The Morgan fingerprint density at radius 3 is 2.05 bits per heavy atom. The molecule has 228 valence electrons. The second-order valence-corrected chi connectivity index (χ2v) is 12.7. The molecule has 0 atom stereocenters. The number of aromatic hydroxyl groups is 1. The van der Waals surface area contributed by atoms with E-state index in [4.69, 9.17) is 0 Å². The zero-order chi connectivity index (χ0) is 31.6. The van der Waals surface area contributed by atoms with Crippen LogP contribution in [-0.4, -0.2) is 47.6 Å². The average molecular weight is 607 g/mol. The zero-order valence-electron chi connectivity index (χ0n) is 24.7. The molecular weight excluding hydrogens is 568 g/mol. The molecule has 0 aliphatic heterocycles. The van der Waals surface area contributed by atoms with Crippen molar-refractivity contribution < 1.29 is 33.0 Å². The summed E-state index contributed by atoms with van der Waals surface area (Å²) in [5.41, 5.74) is 3.50. The fraction of sp³-hybridized carbons (Fsp3) is 0.303. The van der Waals surface area contributed by atoms with Gasteiger partial charge >= 0.3 is 5.97 Å². The van der Waals surface area contributed by atoms with Crippen LogP contribution >= 0.6 is 0 Å². The predicted molar refractivity (Wildman–Crippen MR) is 165 cm³/mol. The highest BCUT2D eigenvalue weighted by Gasteiger charge is 2.18. The van der Waals surface area contributed by atoms with Gasteiger partial charge in [-0.05, 0) is 66.3 Å². The van der Waals surface area contributed by atoms with Gasteiger partial charge in [0.1, 0.15) is 11.3 Å². The van der Waals surface area contributed by atoms with Crippen LogP contribution in [0, 0.1) is 0 Å². The Balaban J connectivity index is 1.71. The molecule has 43 heavy (non-hydrogen) atoms. The van der Waals surface area contributed by atoms with E-state index in [9.17, 15) is 33.0 Å². The molecule has 0 saturated carbocycles. The van der Waals surface area contributed by atoms with Crippen LogP contribution in [0.1, 0.15) is 76.1 Å². The van der Waals surface area contributed by atoms with Crippen molar-refractivity contribution in [3.8, 4) is 5.75 Å². The summed E-state index contributed by atoms with van der Waals surface area (Å²) in [4.78, 5) is 38.6. The van der Waals surface area contributed by atoms with E-state index in [2.05, 4.69) is 24.4 Å². The Kier molecular flexibility index (Phi) is 11.7. The lowest BCUT2D eigenvalue weighted by Crippen LogP contribution is -2.29. The van der Waals surface area contributed by atoms with E-state index in [1.54, 1.807) is 24.3 Å². The number of unbranched alkanes of at least 4 members (excludes halogenated alkanes) is 2. The molecule has 0 aliphatic rings. The van der Waals surface area contributed by atoms with Crippen LogP contribution < -0.4 is 5.32 Å². The number of benzene rings is 3. The molecule has 3 aromatic rings. The van der Waals surface area contributed by atoms with Crippen molar-refractivity contribution in [1.82, 2.24) is 10.2 Å². The number of sulfone groups is 1. The van der Waals surface area contributed by atoms with Gasteiger partial charge in [0, 0.05) is 42.4 Å². The fourth-order valence-electron chi connectivity index (χ4n) is 4.33. The summed E-state index contributed by atoms with van der Waals surface area (Å²) in [6, 6.07) is 18.9. The molecule has 2 amide bonds. The summed E-state index contributed by atoms with van der Waals surface area (Å²) >= 11 is 0. The molecule has 9 nitrogen and oxygen atoms in total. The first-order valence-corrected chi connectivity index (χ1v) is 15.9. The molecule has 0 heterocycles. The Hall–Kier alpha value is -4.44. The van der Waals surface area contributed by atoms with Crippen LogP contribution in [-0.2, 0) is 40.7 Å².